The maximum Gasteiger partial charge on any atom is 0.255 e. The molecule has 1 aromatic heterocycles. The highest BCUT2D eigenvalue weighted by molar-refractivity contribution is 5.96. The summed E-state index contributed by atoms with van der Waals surface area (Å²) in [5.41, 5.74) is 1.66. The minimum absolute atomic E-state index is 0.00666. The van der Waals surface area contributed by atoms with Gasteiger partial charge >= 0.3 is 0 Å². The molecule has 1 amide bonds. The second kappa shape index (κ2) is 5.57. The summed E-state index contributed by atoms with van der Waals surface area (Å²) < 4.78 is 5.48. The van der Waals surface area contributed by atoms with Crippen LogP contribution in [-0.4, -0.2) is 25.5 Å². The molecule has 0 bridgehead atoms. The average Bonchev–Trinajstić information content (AvgIpc) is 2.89. The third-order valence-electron chi connectivity index (χ3n) is 3.79. The van der Waals surface area contributed by atoms with Crippen molar-refractivity contribution in [2.75, 3.05) is 19.6 Å². The van der Waals surface area contributed by atoms with Gasteiger partial charge in [-0.3, -0.25) is 4.79 Å². The molecule has 1 atom stereocenters. The molecule has 18 heavy (non-hydrogen) atoms. The van der Waals surface area contributed by atoms with Gasteiger partial charge in [0, 0.05) is 12.1 Å². The van der Waals surface area contributed by atoms with Crippen molar-refractivity contribution in [1.29, 1.82) is 0 Å². The van der Waals surface area contributed by atoms with Crippen molar-refractivity contribution in [3.8, 4) is 0 Å². The van der Waals surface area contributed by atoms with Gasteiger partial charge in [0.2, 0.25) is 0 Å². The van der Waals surface area contributed by atoms with Crippen LogP contribution < -0.4 is 10.6 Å². The Hall–Kier alpha value is -1.29. The van der Waals surface area contributed by atoms with Gasteiger partial charge in [0.1, 0.15) is 11.5 Å². The Labute approximate surface area is 108 Å². The number of amides is 1. The van der Waals surface area contributed by atoms with Crippen molar-refractivity contribution >= 4 is 5.91 Å². The van der Waals surface area contributed by atoms with E-state index in [1.807, 2.05) is 20.8 Å². The molecule has 0 aliphatic carbocycles. The van der Waals surface area contributed by atoms with E-state index >= 15 is 0 Å². The van der Waals surface area contributed by atoms with Crippen molar-refractivity contribution in [3.63, 3.8) is 0 Å². The van der Waals surface area contributed by atoms with E-state index < -0.39 is 0 Å². The highest BCUT2D eigenvalue weighted by atomic mass is 16.3. The topological polar surface area (TPSA) is 54.3 Å². The molecular weight excluding hydrogens is 228 g/mol. The number of hydrogen-bond donors (Lipinski definition) is 2. The lowest BCUT2D eigenvalue weighted by Crippen LogP contribution is -2.27. The monoisotopic (exact) mass is 250 g/mol. The van der Waals surface area contributed by atoms with Crippen molar-refractivity contribution in [3.05, 3.63) is 22.6 Å². The zero-order valence-electron chi connectivity index (χ0n) is 11.4. The van der Waals surface area contributed by atoms with E-state index in [9.17, 15) is 4.79 Å². The Morgan fingerprint density at radius 2 is 2.17 bits per heavy atom. The first-order valence-corrected chi connectivity index (χ1v) is 6.65. The van der Waals surface area contributed by atoms with E-state index in [1.165, 1.54) is 6.42 Å². The molecule has 0 radical (unpaired) electrons. The van der Waals surface area contributed by atoms with E-state index in [0.29, 0.717) is 17.2 Å². The lowest BCUT2D eigenvalue weighted by atomic mass is 10.0. The van der Waals surface area contributed by atoms with Gasteiger partial charge in [-0.2, -0.15) is 0 Å². The van der Waals surface area contributed by atoms with Crippen LogP contribution in [0.15, 0.2) is 4.42 Å². The highest BCUT2D eigenvalue weighted by Crippen LogP contribution is 2.20. The predicted molar refractivity (Wildman–Crippen MR) is 70.8 cm³/mol. The Kier molecular flexibility index (Phi) is 4.07. The van der Waals surface area contributed by atoms with Crippen LogP contribution in [0.3, 0.4) is 0 Å². The second-order valence-electron chi connectivity index (χ2n) is 5.12. The van der Waals surface area contributed by atoms with Gasteiger partial charge in [-0.15, -0.1) is 0 Å². The number of rotatable bonds is 4. The second-order valence-corrected chi connectivity index (χ2v) is 5.12. The van der Waals surface area contributed by atoms with Gasteiger partial charge in [0.05, 0.1) is 5.56 Å². The summed E-state index contributed by atoms with van der Waals surface area (Å²) in [7, 11) is 0. The van der Waals surface area contributed by atoms with Crippen molar-refractivity contribution in [2.24, 2.45) is 5.92 Å². The van der Waals surface area contributed by atoms with Gasteiger partial charge in [0.25, 0.3) is 5.91 Å². The summed E-state index contributed by atoms with van der Waals surface area (Å²) >= 11 is 0. The van der Waals surface area contributed by atoms with E-state index in [-0.39, 0.29) is 5.91 Å². The number of aryl methyl sites for hydroxylation is 2. The number of hydrogen-bond acceptors (Lipinski definition) is 3. The van der Waals surface area contributed by atoms with Crippen LogP contribution in [0.2, 0.25) is 0 Å². The number of furan rings is 1. The Balaban J connectivity index is 1.87. The van der Waals surface area contributed by atoms with Crippen molar-refractivity contribution in [1.82, 2.24) is 10.6 Å². The zero-order chi connectivity index (χ0) is 13.1. The van der Waals surface area contributed by atoms with Gasteiger partial charge in [-0.25, -0.2) is 0 Å². The molecule has 1 unspecified atom stereocenters. The van der Waals surface area contributed by atoms with Crippen LogP contribution >= 0.6 is 0 Å². The van der Waals surface area contributed by atoms with E-state index in [4.69, 9.17) is 4.42 Å². The average molecular weight is 250 g/mol. The fraction of sp³-hybridized carbons (Fsp3) is 0.643. The molecule has 2 heterocycles. The first-order valence-electron chi connectivity index (χ1n) is 6.65. The summed E-state index contributed by atoms with van der Waals surface area (Å²) in [4.78, 5) is 12.1. The third kappa shape index (κ3) is 2.75. The fourth-order valence-electron chi connectivity index (χ4n) is 2.57. The Bertz CT molecular complexity index is 431. The molecule has 100 valence electrons. The maximum atomic E-state index is 12.1. The zero-order valence-corrected chi connectivity index (χ0v) is 11.4. The van der Waals surface area contributed by atoms with Gasteiger partial charge < -0.3 is 15.1 Å². The Morgan fingerprint density at radius 3 is 2.72 bits per heavy atom. The molecule has 1 fully saturated rings. The van der Waals surface area contributed by atoms with Crippen LogP contribution in [0.25, 0.3) is 0 Å². The molecule has 2 N–H and O–H groups in total. The molecule has 1 saturated heterocycles. The number of carbonyl (C=O) groups excluding carboxylic acids is 1. The van der Waals surface area contributed by atoms with Crippen LogP contribution in [0.5, 0.6) is 0 Å². The summed E-state index contributed by atoms with van der Waals surface area (Å²) in [5.74, 6) is 2.24. The standard InChI is InChI=1S/C14H22N2O2/c1-9-10(2)18-11(3)13(9)14(17)16-7-5-12-4-6-15-8-12/h12,15H,4-8H2,1-3H3,(H,16,17). The number of nitrogens with one attached hydrogen (secondary N) is 2. The SMILES string of the molecule is Cc1oc(C)c(C(=O)NCCC2CCNC2)c1C. The highest BCUT2D eigenvalue weighted by Gasteiger charge is 2.19. The summed E-state index contributed by atoms with van der Waals surface area (Å²) in [6.07, 6.45) is 2.27. The predicted octanol–water partition coefficient (Wildman–Crippen LogP) is 1.93. The largest absolute Gasteiger partial charge is 0.466 e. The van der Waals surface area contributed by atoms with Crippen LogP contribution in [-0.2, 0) is 0 Å². The molecule has 1 aliphatic rings. The Morgan fingerprint density at radius 1 is 1.39 bits per heavy atom. The quantitative estimate of drug-likeness (QED) is 0.858. The molecule has 0 spiro atoms. The minimum atomic E-state index is -0.00666. The fourth-order valence-corrected chi connectivity index (χ4v) is 2.57. The molecule has 1 aliphatic heterocycles. The maximum absolute atomic E-state index is 12.1. The summed E-state index contributed by atoms with van der Waals surface area (Å²) in [6, 6.07) is 0. The van der Waals surface area contributed by atoms with E-state index in [1.54, 1.807) is 0 Å². The van der Waals surface area contributed by atoms with Crippen molar-refractivity contribution in [2.45, 2.75) is 33.6 Å². The molecule has 2 rings (SSSR count). The molecular formula is C14H22N2O2. The van der Waals surface area contributed by atoms with Crippen LogP contribution in [0.1, 0.15) is 40.3 Å². The molecule has 4 nitrogen and oxygen atoms in total. The lowest BCUT2D eigenvalue weighted by molar-refractivity contribution is 0.0949. The van der Waals surface area contributed by atoms with Gasteiger partial charge in [-0.1, -0.05) is 0 Å². The lowest BCUT2D eigenvalue weighted by Gasteiger charge is -2.09. The minimum Gasteiger partial charge on any atom is -0.466 e. The number of carbonyl (C=O) groups is 1. The van der Waals surface area contributed by atoms with E-state index in [0.717, 1.165) is 37.4 Å². The first kappa shape index (κ1) is 13.1. The first-order chi connectivity index (χ1) is 8.59. The van der Waals surface area contributed by atoms with Gasteiger partial charge in [0.15, 0.2) is 0 Å². The molecule has 0 aromatic carbocycles. The van der Waals surface area contributed by atoms with Crippen LogP contribution in [0.4, 0.5) is 0 Å². The van der Waals surface area contributed by atoms with Crippen molar-refractivity contribution < 1.29 is 9.21 Å². The smallest absolute Gasteiger partial charge is 0.255 e. The summed E-state index contributed by atoms with van der Waals surface area (Å²) in [5, 5.41) is 6.33. The normalized spacial score (nSPS) is 19.2. The molecule has 4 heteroatoms. The van der Waals surface area contributed by atoms with Crippen LogP contribution in [0, 0.1) is 26.7 Å². The molecule has 0 saturated carbocycles. The third-order valence-corrected chi connectivity index (χ3v) is 3.79. The van der Waals surface area contributed by atoms with Gasteiger partial charge in [-0.05, 0) is 52.6 Å². The molecule has 1 aromatic rings. The van der Waals surface area contributed by atoms with E-state index in [2.05, 4.69) is 10.6 Å². The summed E-state index contributed by atoms with van der Waals surface area (Å²) in [6.45, 7) is 8.60.